The molecule has 0 radical (unpaired) electrons. The Morgan fingerprint density at radius 3 is 2.16 bits per heavy atom. The fraction of sp³-hybridized carbons (Fsp3) is 0.417. The van der Waals surface area contributed by atoms with Crippen LogP contribution in [0.3, 0.4) is 0 Å². The average Bonchev–Trinajstić information content (AvgIpc) is 2.93. The van der Waals surface area contributed by atoms with Gasteiger partial charge in [0.2, 0.25) is 0 Å². The van der Waals surface area contributed by atoms with Crippen molar-refractivity contribution < 1.29 is 30.7 Å². The minimum atomic E-state index is -3.67. The average molecular weight is 591 g/mol. The normalized spacial score (nSPS) is 17.9. The smallest absolute Gasteiger partial charge is 0.261 e. The fourth-order valence-corrected chi connectivity index (χ4v) is 5.25. The first-order valence-electron chi connectivity index (χ1n) is 11.1. The number of ether oxygens (including phenoxy) is 1. The summed E-state index contributed by atoms with van der Waals surface area (Å²) in [6.07, 6.45) is 7.89. The Kier molecular flexibility index (Phi) is 11.7. The molecule has 2 aliphatic rings. The molecule has 9 nitrogen and oxygen atoms in total. The number of hydrogen-bond acceptors (Lipinski definition) is 8. The summed E-state index contributed by atoms with van der Waals surface area (Å²) in [6, 6.07) is 13.0. The van der Waals surface area contributed by atoms with Crippen molar-refractivity contribution in [1.82, 2.24) is 9.80 Å². The second kappa shape index (κ2) is 13.8. The van der Waals surface area contributed by atoms with E-state index in [1.807, 2.05) is 17.8 Å². The lowest BCUT2D eigenvalue weighted by Gasteiger charge is -2.39. The van der Waals surface area contributed by atoms with Gasteiger partial charge in [0.05, 0.1) is 26.2 Å². The van der Waals surface area contributed by atoms with Crippen LogP contribution in [-0.2, 0) is 26.7 Å². The zero-order chi connectivity index (χ0) is 27.8. The van der Waals surface area contributed by atoms with E-state index in [-0.39, 0.29) is 0 Å². The number of fused-ring (bicyclic) bond motifs is 2. The Bertz CT molecular complexity index is 1270. The lowest BCUT2D eigenvalue weighted by molar-refractivity contribution is 0.103. The lowest BCUT2D eigenvalue weighted by Crippen LogP contribution is -2.48. The van der Waals surface area contributed by atoms with E-state index in [0.29, 0.717) is 18.6 Å². The molecule has 1 fully saturated rings. The molecule has 204 valence electrons. The maximum atomic E-state index is 9.19. The van der Waals surface area contributed by atoms with Gasteiger partial charge in [-0.05, 0) is 47.9 Å². The highest BCUT2D eigenvalue weighted by Crippen LogP contribution is 2.44. The molecule has 2 aromatic carbocycles. The van der Waals surface area contributed by atoms with E-state index in [4.69, 9.17) is 31.9 Å². The van der Waals surface area contributed by atoms with Gasteiger partial charge in [-0.1, -0.05) is 35.3 Å². The number of piperazine rings is 1. The third-order valence-corrected chi connectivity index (χ3v) is 6.83. The molecule has 0 amide bonds. The summed E-state index contributed by atoms with van der Waals surface area (Å²) < 4.78 is 57.2. The van der Waals surface area contributed by atoms with Gasteiger partial charge in [0.15, 0.2) is 0 Å². The molecule has 4 rings (SSSR count). The molecule has 0 aliphatic carbocycles. The van der Waals surface area contributed by atoms with Crippen LogP contribution in [0.1, 0.15) is 17.2 Å². The fourth-order valence-electron chi connectivity index (χ4n) is 3.92. The molecule has 2 aromatic rings. The maximum absolute atomic E-state index is 9.19. The van der Waals surface area contributed by atoms with Gasteiger partial charge in [0.25, 0.3) is 20.2 Å². The highest BCUT2D eigenvalue weighted by Gasteiger charge is 2.30. The number of benzene rings is 2. The minimum Gasteiger partial charge on any atom is -0.497 e. The molecule has 0 saturated carbocycles. The maximum Gasteiger partial charge on any atom is 0.261 e. The Labute approximate surface area is 228 Å². The van der Waals surface area contributed by atoms with Crippen molar-refractivity contribution in [2.75, 3.05) is 52.3 Å². The van der Waals surface area contributed by atoms with Crippen molar-refractivity contribution in [3.8, 4) is 18.1 Å². The van der Waals surface area contributed by atoms with Gasteiger partial charge in [-0.15, -0.1) is 6.42 Å². The van der Waals surface area contributed by atoms with Crippen LogP contribution in [0, 0.1) is 12.3 Å². The van der Waals surface area contributed by atoms with Gasteiger partial charge < -0.3 is 4.74 Å². The number of terminal acetylenes is 1. The van der Waals surface area contributed by atoms with Crippen molar-refractivity contribution in [3.05, 3.63) is 52.5 Å². The third-order valence-electron chi connectivity index (χ3n) is 5.40. The zero-order valence-corrected chi connectivity index (χ0v) is 24.0. The molecule has 1 saturated heterocycles. The minimum absolute atomic E-state index is 0.328. The van der Waals surface area contributed by atoms with Gasteiger partial charge in [0.1, 0.15) is 5.75 Å². The van der Waals surface area contributed by atoms with Crippen LogP contribution >= 0.6 is 23.4 Å². The number of methoxy groups -OCH3 is 1. The molecule has 2 N–H and O–H groups in total. The molecule has 13 heteroatoms. The molecule has 1 unspecified atom stereocenters. The lowest BCUT2D eigenvalue weighted by atomic mass is 9.96. The van der Waals surface area contributed by atoms with Crippen LogP contribution in [0.2, 0.25) is 5.02 Å². The Balaban J connectivity index is 0.000000412. The molecule has 37 heavy (non-hydrogen) atoms. The van der Waals surface area contributed by atoms with Crippen molar-refractivity contribution in [1.29, 1.82) is 0 Å². The number of hydrogen-bond donors (Lipinski definition) is 2. The van der Waals surface area contributed by atoms with Crippen LogP contribution in [-0.4, -0.2) is 88.1 Å². The molecular weight excluding hydrogens is 560 g/mol. The van der Waals surface area contributed by atoms with Crippen molar-refractivity contribution in [2.45, 2.75) is 22.3 Å². The van der Waals surface area contributed by atoms with Crippen LogP contribution in [0.4, 0.5) is 0 Å². The molecule has 0 aromatic heterocycles. The van der Waals surface area contributed by atoms with Crippen molar-refractivity contribution in [3.63, 3.8) is 0 Å². The quantitative estimate of drug-likeness (QED) is 0.406. The number of rotatable bonds is 3. The Morgan fingerprint density at radius 1 is 1.03 bits per heavy atom. The summed E-state index contributed by atoms with van der Waals surface area (Å²) in [6.45, 7) is 4.81. The topological polar surface area (TPSA) is 124 Å². The van der Waals surface area contributed by atoms with E-state index in [9.17, 15) is 16.8 Å². The first-order chi connectivity index (χ1) is 17.2. The Morgan fingerprint density at radius 2 is 1.62 bits per heavy atom. The number of halogens is 1. The van der Waals surface area contributed by atoms with E-state index < -0.39 is 20.2 Å². The predicted molar refractivity (Wildman–Crippen MR) is 147 cm³/mol. The molecule has 2 heterocycles. The Hall–Kier alpha value is -1.82. The summed E-state index contributed by atoms with van der Waals surface area (Å²) >= 11 is 8.20. The second-order valence-electron chi connectivity index (χ2n) is 8.46. The molecular formula is C24H31ClN2O7S3. The van der Waals surface area contributed by atoms with E-state index >= 15 is 0 Å². The first-order valence-corrected chi connectivity index (χ1v) is 16.0. The third kappa shape index (κ3) is 11.6. The summed E-state index contributed by atoms with van der Waals surface area (Å²) in [4.78, 5) is 7.48. The summed E-state index contributed by atoms with van der Waals surface area (Å²) in [7, 11) is -5.62. The van der Waals surface area contributed by atoms with E-state index in [1.165, 1.54) is 20.9 Å². The van der Waals surface area contributed by atoms with Gasteiger partial charge in [-0.2, -0.15) is 16.8 Å². The molecule has 1 atom stereocenters. The largest absolute Gasteiger partial charge is 0.497 e. The van der Waals surface area contributed by atoms with Crippen LogP contribution in [0.25, 0.3) is 0 Å². The van der Waals surface area contributed by atoms with Crippen LogP contribution < -0.4 is 4.74 Å². The van der Waals surface area contributed by atoms with Crippen molar-refractivity contribution >= 4 is 43.6 Å². The molecule has 0 spiro atoms. The summed E-state index contributed by atoms with van der Waals surface area (Å²) in [5, 5.41) is 0.800. The summed E-state index contributed by atoms with van der Waals surface area (Å²) in [5.41, 5.74) is 2.69. The first kappa shape index (κ1) is 31.4. The van der Waals surface area contributed by atoms with Gasteiger partial charge in [-0.25, -0.2) is 0 Å². The summed E-state index contributed by atoms with van der Waals surface area (Å²) in [5.74, 6) is 3.66. The van der Waals surface area contributed by atoms with E-state index in [2.05, 4.69) is 46.1 Å². The zero-order valence-electron chi connectivity index (χ0n) is 20.8. The number of nitrogens with zero attached hydrogens (tertiary/aromatic N) is 2. The van der Waals surface area contributed by atoms with Crippen LogP contribution in [0.5, 0.6) is 5.75 Å². The monoisotopic (exact) mass is 590 g/mol. The van der Waals surface area contributed by atoms with E-state index in [0.717, 1.165) is 49.9 Å². The van der Waals surface area contributed by atoms with Crippen LogP contribution in [0.15, 0.2) is 46.2 Å². The highest BCUT2D eigenvalue weighted by molar-refractivity contribution is 7.99. The van der Waals surface area contributed by atoms with Gasteiger partial charge >= 0.3 is 0 Å². The van der Waals surface area contributed by atoms with Gasteiger partial charge in [-0.3, -0.25) is 18.9 Å². The van der Waals surface area contributed by atoms with Crippen molar-refractivity contribution in [2.24, 2.45) is 0 Å². The molecule has 2 aliphatic heterocycles. The second-order valence-corrected chi connectivity index (χ2v) is 12.9. The van der Waals surface area contributed by atoms with Gasteiger partial charge in [0, 0.05) is 47.0 Å². The SMILES string of the molecule is C#CCN1CCN(C2Cc3ccc(OC)cc3Sc3ccc(Cl)cc32)CC1.CS(=O)(=O)O.CS(=O)(=O)O. The standard InChI is InChI=1S/C22H23ClN2OS.2CH4O3S/c1-3-8-24-9-11-25(12-10-24)20-13-16-4-6-18(26-2)15-22(16)27-21-7-5-17(23)14-19(20)21;2*1-5(2,3)4/h1,4-7,14-15,20H,8-13H2,2H3;2*1H3,(H,2,3,4). The molecule has 0 bridgehead atoms. The van der Waals surface area contributed by atoms with E-state index in [1.54, 1.807) is 7.11 Å². The predicted octanol–water partition coefficient (Wildman–Crippen LogP) is 3.36. The highest BCUT2D eigenvalue weighted by atomic mass is 35.5.